The molecule has 0 unspecified atom stereocenters. The van der Waals surface area contributed by atoms with Crippen LogP contribution in [0.5, 0.6) is 0 Å². The minimum absolute atomic E-state index is 0.0311. The quantitative estimate of drug-likeness (QED) is 0.343. The molecule has 0 aliphatic heterocycles. The second kappa shape index (κ2) is 5.20. The second-order valence-corrected chi connectivity index (χ2v) is 3.42. The summed E-state index contributed by atoms with van der Waals surface area (Å²) in [6.45, 7) is 1.25. The van der Waals surface area contributed by atoms with Crippen molar-refractivity contribution >= 4 is 17.4 Å². The lowest BCUT2D eigenvalue weighted by Gasteiger charge is -2.03. The largest absolute Gasteiger partial charge is 0.469 e. The van der Waals surface area contributed by atoms with Crippen molar-refractivity contribution in [2.24, 2.45) is 0 Å². The van der Waals surface area contributed by atoms with Crippen molar-refractivity contribution in [3.05, 3.63) is 39.4 Å². The lowest BCUT2D eigenvalue weighted by molar-refractivity contribution is -0.385. The normalized spacial score (nSPS) is 9.76. The number of nitro groups is 1. The Balaban J connectivity index is 3.14. The third-order valence-corrected chi connectivity index (χ3v) is 2.21. The van der Waals surface area contributed by atoms with Crippen molar-refractivity contribution < 1.29 is 19.2 Å². The molecular weight excluding hydrogens is 226 g/mol. The van der Waals surface area contributed by atoms with Crippen molar-refractivity contribution in [3.8, 4) is 0 Å². The van der Waals surface area contributed by atoms with Gasteiger partial charge >= 0.3 is 5.97 Å². The second-order valence-electron chi connectivity index (χ2n) is 3.42. The number of Topliss-reactive ketones (excluding diaryl/α,β-unsaturated/α-hetero) is 1. The molecule has 6 nitrogen and oxygen atoms in total. The van der Waals surface area contributed by atoms with E-state index in [0.29, 0.717) is 5.56 Å². The Morgan fingerprint density at radius 1 is 1.41 bits per heavy atom. The first-order valence-electron chi connectivity index (χ1n) is 4.80. The van der Waals surface area contributed by atoms with Crippen LogP contribution in [0.1, 0.15) is 22.8 Å². The number of benzene rings is 1. The summed E-state index contributed by atoms with van der Waals surface area (Å²) in [6.07, 6.45) is -0.0600. The lowest BCUT2D eigenvalue weighted by atomic mass is 10.0. The molecule has 1 aromatic rings. The van der Waals surface area contributed by atoms with E-state index in [1.54, 1.807) is 0 Å². The van der Waals surface area contributed by atoms with Crippen LogP contribution in [0.2, 0.25) is 0 Å². The van der Waals surface area contributed by atoms with Gasteiger partial charge in [-0.1, -0.05) is 6.07 Å². The van der Waals surface area contributed by atoms with Gasteiger partial charge in [-0.3, -0.25) is 19.7 Å². The van der Waals surface area contributed by atoms with Crippen molar-refractivity contribution in [3.63, 3.8) is 0 Å². The first-order valence-corrected chi connectivity index (χ1v) is 4.80. The predicted octanol–water partition coefficient (Wildman–Crippen LogP) is 1.51. The smallest absolute Gasteiger partial charge is 0.309 e. The van der Waals surface area contributed by atoms with Crippen LogP contribution in [0.3, 0.4) is 0 Å². The van der Waals surface area contributed by atoms with Crippen LogP contribution in [0.4, 0.5) is 5.69 Å². The van der Waals surface area contributed by atoms with Gasteiger partial charge in [0.1, 0.15) is 0 Å². The maximum Gasteiger partial charge on any atom is 0.309 e. The maximum absolute atomic E-state index is 11.2. The average Bonchev–Trinajstić information content (AvgIpc) is 2.28. The standard InChI is InChI=1S/C11H11NO5/c1-7(13)9-4-3-8(6-11(14)17-2)5-10(9)12(15)16/h3-5H,6H2,1-2H3. The Morgan fingerprint density at radius 2 is 2.06 bits per heavy atom. The fourth-order valence-corrected chi connectivity index (χ4v) is 1.37. The number of hydrogen-bond acceptors (Lipinski definition) is 5. The molecule has 0 amide bonds. The molecule has 0 heterocycles. The van der Waals surface area contributed by atoms with E-state index in [9.17, 15) is 19.7 Å². The molecule has 0 aliphatic rings. The average molecular weight is 237 g/mol. The molecule has 0 bridgehead atoms. The zero-order valence-electron chi connectivity index (χ0n) is 9.43. The number of esters is 1. The van der Waals surface area contributed by atoms with Gasteiger partial charge < -0.3 is 4.74 Å². The van der Waals surface area contributed by atoms with Gasteiger partial charge in [0.05, 0.1) is 24.0 Å². The van der Waals surface area contributed by atoms with E-state index in [-0.39, 0.29) is 23.5 Å². The number of nitrogens with zero attached hydrogens (tertiary/aromatic N) is 1. The molecule has 0 aromatic heterocycles. The summed E-state index contributed by atoms with van der Waals surface area (Å²) in [5, 5.41) is 10.8. The van der Waals surface area contributed by atoms with Gasteiger partial charge in [0.25, 0.3) is 5.69 Å². The lowest BCUT2D eigenvalue weighted by Crippen LogP contribution is -2.06. The van der Waals surface area contributed by atoms with E-state index in [1.807, 2.05) is 0 Å². The molecule has 0 fully saturated rings. The first kappa shape index (κ1) is 12.8. The number of rotatable bonds is 4. The highest BCUT2D eigenvalue weighted by molar-refractivity contribution is 5.98. The van der Waals surface area contributed by atoms with Crippen LogP contribution in [0.15, 0.2) is 18.2 Å². The summed E-state index contributed by atoms with van der Waals surface area (Å²) in [5.41, 5.74) is 0.177. The van der Waals surface area contributed by atoms with Crippen LogP contribution in [0.25, 0.3) is 0 Å². The van der Waals surface area contributed by atoms with Crippen LogP contribution >= 0.6 is 0 Å². The fourth-order valence-electron chi connectivity index (χ4n) is 1.37. The first-order chi connectivity index (χ1) is 7.95. The van der Waals surface area contributed by atoms with E-state index in [2.05, 4.69) is 4.74 Å². The van der Waals surface area contributed by atoms with Gasteiger partial charge in [-0.25, -0.2) is 0 Å². The number of carbonyl (C=O) groups excluding carboxylic acids is 2. The Kier molecular flexibility index (Phi) is 3.92. The summed E-state index contributed by atoms with van der Waals surface area (Å²) in [4.78, 5) is 32.3. The Hall–Kier alpha value is -2.24. The van der Waals surface area contributed by atoms with Crippen LogP contribution in [0, 0.1) is 10.1 Å². The molecule has 0 atom stereocenters. The molecule has 0 radical (unpaired) electrons. The van der Waals surface area contributed by atoms with E-state index in [1.165, 1.54) is 32.2 Å². The molecular formula is C11H11NO5. The molecule has 1 rings (SSSR count). The van der Waals surface area contributed by atoms with Crippen LogP contribution in [-0.4, -0.2) is 23.8 Å². The number of nitro benzene ring substituents is 1. The number of hydrogen-bond donors (Lipinski definition) is 0. The molecule has 0 aliphatic carbocycles. The molecule has 0 spiro atoms. The molecule has 0 N–H and O–H groups in total. The summed E-state index contributed by atoms with van der Waals surface area (Å²) in [7, 11) is 1.24. The van der Waals surface area contributed by atoms with E-state index >= 15 is 0 Å². The van der Waals surface area contributed by atoms with Gasteiger partial charge in [-0.2, -0.15) is 0 Å². The van der Waals surface area contributed by atoms with Crippen molar-refractivity contribution in [1.29, 1.82) is 0 Å². The minimum Gasteiger partial charge on any atom is -0.469 e. The van der Waals surface area contributed by atoms with Gasteiger partial charge in [0, 0.05) is 6.07 Å². The Bertz CT molecular complexity index is 481. The Morgan fingerprint density at radius 3 is 2.53 bits per heavy atom. The van der Waals surface area contributed by atoms with Gasteiger partial charge in [-0.05, 0) is 18.6 Å². The summed E-state index contributed by atoms with van der Waals surface area (Å²) < 4.78 is 4.46. The minimum atomic E-state index is -0.641. The molecule has 6 heteroatoms. The summed E-state index contributed by atoms with van der Waals surface area (Å²) >= 11 is 0. The third kappa shape index (κ3) is 3.10. The highest BCUT2D eigenvalue weighted by Crippen LogP contribution is 2.21. The molecule has 0 saturated heterocycles. The van der Waals surface area contributed by atoms with Crippen molar-refractivity contribution in [2.75, 3.05) is 7.11 Å². The van der Waals surface area contributed by atoms with Crippen molar-refractivity contribution in [1.82, 2.24) is 0 Å². The molecule has 90 valence electrons. The number of carbonyl (C=O) groups is 2. The highest BCUT2D eigenvalue weighted by Gasteiger charge is 2.18. The zero-order valence-corrected chi connectivity index (χ0v) is 9.43. The molecule has 17 heavy (non-hydrogen) atoms. The van der Waals surface area contributed by atoms with Gasteiger partial charge in [0.15, 0.2) is 5.78 Å². The number of ketones is 1. The maximum atomic E-state index is 11.2. The SMILES string of the molecule is COC(=O)Cc1ccc(C(C)=O)c([N+](=O)[O-])c1. The van der Waals surface area contributed by atoms with Crippen molar-refractivity contribution in [2.45, 2.75) is 13.3 Å². The Labute approximate surface area is 97.3 Å². The van der Waals surface area contributed by atoms with Gasteiger partial charge in [0.2, 0.25) is 0 Å². The summed E-state index contributed by atoms with van der Waals surface area (Å²) in [5.74, 6) is -0.879. The molecule has 1 aromatic carbocycles. The van der Waals surface area contributed by atoms with Crippen LogP contribution < -0.4 is 0 Å². The van der Waals surface area contributed by atoms with E-state index < -0.39 is 10.9 Å². The molecule has 0 saturated carbocycles. The topological polar surface area (TPSA) is 86.5 Å². The highest BCUT2D eigenvalue weighted by atomic mass is 16.6. The zero-order chi connectivity index (χ0) is 13.0. The number of ether oxygens (including phenoxy) is 1. The van der Waals surface area contributed by atoms with E-state index in [0.717, 1.165) is 0 Å². The third-order valence-electron chi connectivity index (χ3n) is 2.21. The monoisotopic (exact) mass is 237 g/mol. The predicted molar refractivity (Wildman–Crippen MR) is 58.8 cm³/mol. The van der Waals surface area contributed by atoms with Gasteiger partial charge in [-0.15, -0.1) is 0 Å². The number of methoxy groups -OCH3 is 1. The summed E-state index contributed by atoms with van der Waals surface area (Å²) in [6, 6.07) is 4.06. The fraction of sp³-hybridized carbons (Fsp3) is 0.273. The van der Waals surface area contributed by atoms with Crippen LogP contribution in [-0.2, 0) is 16.0 Å². The van der Waals surface area contributed by atoms with E-state index in [4.69, 9.17) is 0 Å².